The van der Waals surface area contributed by atoms with Crippen LogP contribution >= 0.6 is 0 Å². The minimum atomic E-state index is 0.236. The van der Waals surface area contributed by atoms with Gasteiger partial charge in [-0.1, -0.05) is 0 Å². The van der Waals surface area contributed by atoms with Crippen molar-refractivity contribution in [2.24, 2.45) is 4.99 Å². The largest absolute Gasteiger partial charge is 0.396 e. The van der Waals surface area contributed by atoms with Gasteiger partial charge in [0.15, 0.2) is 5.96 Å². The van der Waals surface area contributed by atoms with Gasteiger partial charge in [0, 0.05) is 26.2 Å². The van der Waals surface area contributed by atoms with Gasteiger partial charge in [0.05, 0.1) is 0 Å². The number of nitrogens with one attached hydrogen (secondary N) is 2. The molecule has 0 unspecified atom stereocenters. The van der Waals surface area contributed by atoms with Crippen molar-refractivity contribution in [3.05, 3.63) is 0 Å². The summed E-state index contributed by atoms with van der Waals surface area (Å²) < 4.78 is 0. The summed E-state index contributed by atoms with van der Waals surface area (Å²) in [5.74, 6) is 0.879. The van der Waals surface area contributed by atoms with Gasteiger partial charge >= 0.3 is 0 Å². The van der Waals surface area contributed by atoms with Gasteiger partial charge < -0.3 is 15.7 Å². The second-order valence-corrected chi connectivity index (χ2v) is 2.51. The smallest absolute Gasteiger partial charge is 0.191 e. The Morgan fingerprint density at radius 2 is 2.55 bits per heavy atom. The molecule has 0 aromatic rings. The second kappa shape index (κ2) is 4.96. The number of hydrogen-bond acceptors (Lipinski definition) is 4. The highest BCUT2D eigenvalue weighted by molar-refractivity contribution is 5.80. The predicted octanol–water partition coefficient (Wildman–Crippen LogP) is -0.692. The molecule has 1 heterocycles. The Hall–Kier alpha value is -0.770. The standard InChI is InChI=1S/C7H15N3O/c11-6-2-5-10-7-8-3-1-4-9-7/h11H,1-6H2,(H2,8,9,10). The molecule has 0 atom stereocenters. The molecule has 0 saturated carbocycles. The summed E-state index contributed by atoms with van der Waals surface area (Å²) in [6.07, 6.45) is 1.89. The number of aliphatic hydroxyl groups excluding tert-OH is 1. The fourth-order valence-electron chi connectivity index (χ4n) is 0.937. The minimum Gasteiger partial charge on any atom is -0.396 e. The molecule has 64 valence electrons. The molecule has 0 aliphatic carbocycles. The number of aliphatic hydroxyl groups is 1. The quantitative estimate of drug-likeness (QED) is 0.475. The first-order valence-electron chi connectivity index (χ1n) is 4.06. The first kappa shape index (κ1) is 8.33. The third-order valence-corrected chi connectivity index (χ3v) is 1.52. The Labute approximate surface area is 66.7 Å². The second-order valence-electron chi connectivity index (χ2n) is 2.51. The Morgan fingerprint density at radius 3 is 3.18 bits per heavy atom. The first-order chi connectivity index (χ1) is 5.43. The number of nitrogens with zero attached hydrogens (tertiary/aromatic N) is 1. The van der Waals surface area contributed by atoms with E-state index in [9.17, 15) is 0 Å². The molecule has 4 nitrogen and oxygen atoms in total. The minimum absolute atomic E-state index is 0.236. The van der Waals surface area contributed by atoms with Crippen molar-refractivity contribution in [2.45, 2.75) is 12.8 Å². The van der Waals surface area contributed by atoms with Crippen molar-refractivity contribution < 1.29 is 5.11 Å². The zero-order valence-corrected chi connectivity index (χ0v) is 6.64. The summed E-state index contributed by atoms with van der Waals surface area (Å²) in [5.41, 5.74) is 0. The normalized spacial score (nSPS) is 17.0. The highest BCUT2D eigenvalue weighted by Crippen LogP contribution is 1.86. The molecule has 0 aromatic heterocycles. The van der Waals surface area contributed by atoms with Crippen molar-refractivity contribution in [1.82, 2.24) is 10.6 Å². The van der Waals surface area contributed by atoms with E-state index in [1.54, 1.807) is 0 Å². The van der Waals surface area contributed by atoms with Crippen molar-refractivity contribution in [3.63, 3.8) is 0 Å². The maximum Gasteiger partial charge on any atom is 0.191 e. The Bertz CT molecular complexity index is 136. The maximum absolute atomic E-state index is 8.50. The van der Waals surface area contributed by atoms with Crippen LogP contribution in [0.25, 0.3) is 0 Å². The molecule has 1 rings (SSSR count). The predicted molar refractivity (Wildman–Crippen MR) is 44.6 cm³/mol. The third-order valence-electron chi connectivity index (χ3n) is 1.52. The van der Waals surface area contributed by atoms with E-state index in [-0.39, 0.29) is 6.61 Å². The van der Waals surface area contributed by atoms with Crippen LogP contribution in [0.1, 0.15) is 12.8 Å². The van der Waals surface area contributed by atoms with E-state index in [2.05, 4.69) is 15.6 Å². The van der Waals surface area contributed by atoms with Crippen molar-refractivity contribution in [2.75, 3.05) is 26.2 Å². The Morgan fingerprint density at radius 1 is 1.64 bits per heavy atom. The lowest BCUT2D eigenvalue weighted by Gasteiger charge is -2.15. The average Bonchev–Trinajstić information content (AvgIpc) is 2.07. The molecule has 0 bridgehead atoms. The van der Waals surface area contributed by atoms with Crippen LogP contribution in [0.15, 0.2) is 4.99 Å². The molecule has 0 spiro atoms. The van der Waals surface area contributed by atoms with Gasteiger partial charge in [0.2, 0.25) is 0 Å². The molecular weight excluding hydrogens is 142 g/mol. The lowest BCUT2D eigenvalue weighted by atomic mass is 10.4. The van der Waals surface area contributed by atoms with E-state index in [0.717, 1.165) is 38.4 Å². The van der Waals surface area contributed by atoms with Crippen LogP contribution in [0.2, 0.25) is 0 Å². The zero-order valence-electron chi connectivity index (χ0n) is 6.64. The summed E-state index contributed by atoms with van der Waals surface area (Å²) in [6.45, 7) is 2.95. The van der Waals surface area contributed by atoms with E-state index >= 15 is 0 Å². The lowest BCUT2D eigenvalue weighted by molar-refractivity contribution is 0.289. The summed E-state index contributed by atoms with van der Waals surface area (Å²) in [6, 6.07) is 0. The molecule has 11 heavy (non-hydrogen) atoms. The van der Waals surface area contributed by atoms with E-state index in [4.69, 9.17) is 5.11 Å². The Kier molecular flexibility index (Phi) is 3.75. The van der Waals surface area contributed by atoms with Gasteiger partial charge in [0.1, 0.15) is 0 Å². The first-order valence-corrected chi connectivity index (χ1v) is 4.06. The van der Waals surface area contributed by atoms with Crippen molar-refractivity contribution in [1.29, 1.82) is 0 Å². The van der Waals surface area contributed by atoms with Crippen molar-refractivity contribution in [3.8, 4) is 0 Å². The van der Waals surface area contributed by atoms with E-state index in [0.29, 0.717) is 0 Å². The zero-order chi connectivity index (χ0) is 7.94. The topological polar surface area (TPSA) is 56.6 Å². The number of rotatable bonds is 3. The van der Waals surface area contributed by atoms with Crippen LogP contribution < -0.4 is 10.6 Å². The molecule has 1 aliphatic heterocycles. The average molecular weight is 157 g/mol. The number of guanidine groups is 1. The fourth-order valence-corrected chi connectivity index (χ4v) is 0.937. The van der Waals surface area contributed by atoms with Crippen LogP contribution in [0.5, 0.6) is 0 Å². The van der Waals surface area contributed by atoms with Gasteiger partial charge in [-0.3, -0.25) is 4.99 Å². The van der Waals surface area contributed by atoms with Crippen LogP contribution in [0.4, 0.5) is 0 Å². The van der Waals surface area contributed by atoms with E-state index < -0.39 is 0 Å². The molecular formula is C7H15N3O. The number of hydrogen-bond donors (Lipinski definition) is 3. The molecule has 0 fully saturated rings. The van der Waals surface area contributed by atoms with Crippen LogP contribution in [0.3, 0.4) is 0 Å². The monoisotopic (exact) mass is 157 g/mol. The molecule has 0 radical (unpaired) electrons. The highest BCUT2D eigenvalue weighted by atomic mass is 16.3. The fraction of sp³-hybridized carbons (Fsp3) is 0.857. The highest BCUT2D eigenvalue weighted by Gasteiger charge is 2.00. The molecule has 4 heteroatoms. The SMILES string of the molecule is OCCCNC1=NCCCN1. The van der Waals surface area contributed by atoms with Gasteiger partial charge in [-0.15, -0.1) is 0 Å². The molecule has 1 aliphatic rings. The third kappa shape index (κ3) is 3.23. The van der Waals surface area contributed by atoms with E-state index in [1.165, 1.54) is 0 Å². The molecule has 0 amide bonds. The lowest BCUT2D eigenvalue weighted by Crippen LogP contribution is -2.41. The van der Waals surface area contributed by atoms with Crippen molar-refractivity contribution >= 4 is 5.96 Å². The maximum atomic E-state index is 8.50. The summed E-state index contributed by atoms with van der Waals surface area (Å²) in [5, 5.41) is 14.7. The van der Waals surface area contributed by atoms with Crippen LogP contribution in [-0.2, 0) is 0 Å². The Balaban J connectivity index is 2.09. The molecule has 0 aromatic carbocycles. The van der Waals surface area contributed by atoms with Crippen LogP contribution in [0, 0.1) is 0 Å². The summed E-state index contributed by atoms with van der Waals surface area (Å²) in [7, 11) is 0. The van der Waals surface area contributed by atoms with E-state index in [1.807, 2.05) is 0 Å². The van der Waals surface area contributed by atoms with Crippen LogP contribution in [-0.4, -0.2) is 37.3 Å². The summed E-state index contributed by atoms with van der Waals surface area (Å²) >= 11 is 0. The van der Waals surface area contributed by atoms with Gasteiger partial charge in [0.25, 0.3) is 0 Å². The summed E-state index contributed by atoms with van der Waals surface area (Å²) in [4.78, 5) is 4.21. The molecule has 0 saturated heterocycles. The van der Waals surface area contributed by atoms with Gasteiger partial charge in [-0.25, -0.2) is 0 Å². The molecule has 3 N–H and O–H groups in total. The number of aliphatic imine (C=N–C) groups is 1. The van der Waals surface area contributed by atoms with Gasteiger partial charge in [-0.2, -0.15) is 0 Å². The van der Waals surface area contributed by atoms with Gasteiger partial charge in [-0.05, 0) is 12.8 Å².